The predicted octanol–water partition coefficient (Wildman–Crippen LogP) is 4.27. The monoisotopic (exact) mass is 319 g/mol. The zero-order chi connectivity index (χ0) is 16.9. The summed E-state index contributed by atoms with van der Waals surface area (Å²) >= 11 is 0. The first-order valence-electron chi connectivity index (χ1n) is 7.97. The summed E-state index contributed by atoms with van der Waals surface area (Å²) in [5.41, 5.74) is -0.0221. The molecule has 0 N–H and O–H groups in total. The van der Waals surface area contributed by atoms with Crippen LogP contribution >= 0.6 is 0 Å². The fraction of sp³-hybridized carbons (Fsp3) is 0.421. The maximum Gasteiger partial charge on any atom is 0.229 e. The molecule has 0 aromatic heterocycles. The van der Waals surface area contributed by atoms with Crippen molar-refractivity contribution in [2.24, 2.45) is 5.41 Å². The van der Waals surface area contributed by atoms with Crippen molar-refractivity contribution in [1.29, 1.82) is 0 Å². The zero-order valence-electron chi connectivity index (χ0n) is 13.4. The molecule has 4 heteroatoms. The van der Waals surface area contributed by atoms with E-state index in [4.69, 9.17) is 0 Å². The second-order valence-corrected chi connectivity index (χ2v) is 6.15. The molecule has 124 valence electrons. The number of carbonyl (C=O) groups excluding carboxylic acids is 1. The molecule has 2 nitrogen and oxygen atoms in total. The maximum atomic E-state index is 13.7. The summed E-state index contributed by atoms with van der Waals surface area (Å²) in [5.74, 6) is -1.06. The molecule has 1 amide bonds. The molecular weight excluding hydrogens is 296 g/mol. The van der Waals surface area contributed by atoms with Gasteiger partial charge in [-0.3, -0.25) is 4.79 Å². The Kier molecular flexibility index (Phi) is 5.69. The van der Waals surface area contributed by atoms with E-state index in [9.17, 15) is 13.6 Å². The molecule has 0 spiro atoms. The molecule has 1 aliphatic heterocycles. The van der Waals surface area contributed by atoms with Crippen molar-refractivity contribution in [1.82, 2.24) is 4.90 Å². The highest BCUT2D eigenvalue weighted by Gasteiger charge is 2.41. The average molecular weight is 319 g/mol. The van der Waals surface area contributed by atoms with Crippen molar-refractivity contribution in [3.63, 3.8) is 0 Å². The predicted molar refractivity (Wildman–Crippen MR) is 87.9 cm³/mol. The largest absolute Gasteiger partial charge is 0.342 e. The summed E-state index contributed by atoms with van der Waals surface area (Å²) in [5, 5.41) is 0. The van der Waals surface area contributed by atoms with Crippen molar-refractivity contribution in [3.05, 3.63) is 60.7 Å². The first-order chi connectivity index (χ1) is 11.0. The lowest BCUT2D eigenvalue weighted by molar-refractivity contribution is -0.146. The first kappa shape index (κ1) is 17.4. The van der Waals surface area contributed by atoms with E-state index in [1.165, 1.54) is 12.1 Å². The fourth-order valence-corrected chi connectivity index (χ4v) is 3.36. The normalized spacial score (nSPS) is 17.1. The van der Waals surface area contributed by atoms with E-state index < -0.39 is 17.0 Å². The van der Waals surface area contributed by atoms with E-state index in [0.29, 0.717) is 37.9 Å². The van der Waals surface area contributed by atoms with Crippen LogP contribution in [0.4, 0.5) is 8.78 Å². The topological polar surface area (TPSA) is 20.3 Å². The van der Waals surface area contributed by atoms with Crippen molar-refractivity contribution in [3.8, 4) is 0 Å². The molecule has 0 aliphatic carbocycles. The first-order valence-corrected chi connectivity index (χ1v) is 7.97. The Bertz CT molecular complexity index is 587. The van der Waals surface area contributed by atoms with Gasteiger partial charge in [0.05, 0.1) is 5.41 Å². The van der Waals surface area contributed by atoms with Gasteiger partial charge in [-0.1, -0.05) is 18.2 Å². The van der Waals surface area contributed by atoms with Gasteiger partial charge in [0.1, 0.15) is 11.6 Å². The van der Waals surface area contributed by atoms with E-state index in [0.717, 1.165) is 18.9 Å². The van der Waals surface area contributed by atoms with Crippen LogP contribution in [0.5, 0.6) is 0 Å². The number of allylic oxidation sites excluding steroid dienone is 2. The Balaban J connectivity index is 2.08. The van der Waals surface area contributed by atoms with Crippen LogP contribution in [-0.2, 0) is 11.2 Å². The lowest BCUT2D eigenvalue weighted by Crippen LogP contribution is -2.49. The van der Waals surface area contributed by atoms with Gasteiger partial charge in [0, 0.05) is 19.2 Å². The van der Waals surface area contributed by atoms with Crippen LogP contribution in [0.1, 0.15) is 31.2 Å². The van der Waals surface area contributed by atoms with Gasteiger partial charge in [-0.25, -0.2) is 8.78 Å². The SMILES string of the molecule is C=CCC1(CC=C)CCCN(CCc2ccc(F)cc2F)C1=O. The number of hydrogen-bond acceptors (Lipinski definition) is 1. The van der Waals surface area contributed by atoms with Gasteiger partial charge < -0.3 is 4.90 Å². The molecule has 1 heterocycles. The Hall–Kier alpha value is -1.97. The molecule has 23 heavy (non-hydrogen) atoms. The molecule has 1 aliphatic rings. The Morgan fingerprint density at radius 1 is 1.22 bits per heavy atom. The van der Waals surface area contributed by atoms with Crippen LogP contribution in [0, 0.1) is 17.0 Å². The Labute approximate surface area is 136 Å². The molecule has 0 radical (unpaired) electrons. The van der Waals surface area contributed by atoms with Crippen molar-refractivity contribution in [2.75, 3.05) is 13.1 Å². The number of halogens is 2. The van der Waals surface area contributed by atoms with Gasteiger partial charge in [0.2, 0.25) is 5.91 Å². The number of rotatable bonds is 7. The number of hydrogen-bond donors (Lipinski definition) is 0. The minimum Gasteiger partial charge on any atom is -0.342 e. The second-order valence-electron chi connectivity index (χ2n) is 6.15. The Morgan fingerprint density at radius 3 is 2.52 bits per heavy atom. The molecule has 0 bridgehead atoms. The summed E-state index contributed by atoms with van der Waals surface area (Å²) in [4.78, 5) is 14.7. The van der Waals surface area contributed by atoms with Crippen LogP contribution in [0.2, 0.25) is 0 Å². The molecule has 0 atom stereocenters. The summed E-state index contributed by atoms with van der Waals surface area (Å²) in [6.07, 6.45) is 6.94. The fourth-order valence-electron chi connectivity index (χ4n) is 3.36. The number of likely N-dealkylation sites (tertiary alicyclic amines) is 1. The summed E-state index contributed by atoms with van der Waals surface area (Å²) < 4.78 is 26.7. The number of benzene rings is 1. The summed E-state index contributed by atoms with van der Waals surface area (Å²) in [6, 6.07) is 3.57. The average Bonchev–Trinajstić information content (AvgIpc) is 2.51. The highest BCUT2D eigenvalue weighted by Crippen LogP contribution is 2.38. The lowest BCUT2D eigenvalue weighted by Gasteiger charge is -2.41. The van der Waals surface area contributed by atoms with Crippen molar-refractivity contribution >= 4 is 5.91 Å². The standard InChI is InChI=1S/C19H23F2NO/c1-3-9-19(10-4-2)11-5-12-22(18(19)23)13-8-15-6-7-16(20)14-17(15)21/h3-4,6-7,14H,1-2,5,8-13H2. The Morgan fingerprint density at radius 2 is 1.91 bits per heavy atom. The van der Waals surface area contributed by atoms with E-state index >= 15 is 0 Å². The summed E-state index contributed by atoms with van der Waals surface area (Å²) in [6.45, 7) is 8.65. The molecule has 1 aromatic rings. The minimum absolute atomic E-state index is 0.0890. The molecule has 1 saturated heterocycles. The van der Waals surface area contributed by atoms with Gasteiger partial charge in [0.15, 0.2) is 0 Å². The van der Waals surface area contributed by atoms with Gasteiger partial charge in [0.25, 0.3) is 0 Å². The maximum absolute atomic E-state index is 13.7. The minimum atomic E-state index is -0.587. The van der Waals surface area contributed by atoms with E-state index in [1.807, 2.05) is 0 Å². The summed E-state index contributed by atoms with van der Waals surface area (Å²) in [7, 11) is 0. The van der Waals surface area contributed by atoms with Crippen LogP contribution in [0.15, 0.2) is 43.5 Å². The number of amides is 1. The van der Waals surface area contributed by atoms with Gasteiger partial charge in [-0.15, -0.1) is 13.2 Å². The quantitative estimate of drug-likeness (QED) is 0.687. The van der Waals surface area contributed by atoms with Gasteiger partial charge >= 0.3 is 0 Å². The van der Waals surface area contributed by atoms with Crippen molar-refractivity contribution in [2.45, 2.75) is 32.1 Å². The highest BCUT2D eigenvalue weighted by molar-refractivity contribution is 5.84. The van der Waals surface area contributed by atoms with Crippen LogP contribution < -0.4 is 0 Å². The highest BCUT2D eigenvalue weighted by atomic mass is 19.1. The smallest absolute Gasteiger partial charge is 0.229 e. The van der Waals surface area contributed by atoms with E-state index in [2.05, 4.69) is 13.2 Å². The number of carbonyl (C=O) groups is 1. The third-order valence-electron chi connectivity index (χ3n) is 4.56. The molecule has 1 aromatic carbocycles. The van der Waals surface area contributed by atoms with Crippen molar-refractivity contribution < 1.29 is 13.6 Å². The number of nitrogens with zero attached hydrogens (tertiary/aromatic N) is 1. The van der Waals surface area contributed by atoms with Crippen LogP contribution in [0.25, 0.3) is 0 Å². The molecule has 1 fully saturated rings. The molecule has 0 unspecified atom stereocenters. The molecule has 0 saturated carbocycles. The van der Waals surface area contributed by atoms with E-state index in [-0.39, 0.29) is 5.91 Å². The second kappa shape index (κ2) is 7.53. The van der Waals surface area contributed by atoms with Crippen LogP contribution in [-0.4, -0.2) is 23.9 Å². The lowest BCUT2D eigenvalue weighted by atomic mass is 9.73. The number of piperidine rings is 1. The zero-order valence-corrected chi connectivity index (χ0v) is 13.4. The molecule has 2 rings (SSSR count). The third kappa shape index (κ3) is 3.87. The molecular formula is C19H23F2NO. The van der Waals surface area contributed by atoms with Gasteiger partial charge in [-0.2, -0.15) is 0 Å². The third-order valence-corrected chi connectivity index (χ3v) is 4.56. The van der Waals surface area contributed by atoms with Gasteiger partial charge in [-0.05, 0) is 43.7 Å². The van der Waals surface area contributed by atoms with Crippen LogP contribution in [0.3, 0.4) is 0 Å². The van der Waals surface area contributed by atoms with E-state index in [1.54, 1.807) is 17.1 Å².